The Bertz CT molecular complexity index is 363. The minimum atomic E-state index is 0.538. The smallest absolute Gasteiger partial charge is 0.118 e. The largest absolute Gasteiger partial charge is 0.497 e. The van der Waals surface area contributed by atoms with Crippen LogP contribution in [0.1, 0.15) is 31.7 Å². The molecule has 1 saturated heterocycles. The van der Waals surface area contributed by atoms with Gasteiger partial charge in [0.05, 0.1) is 7.11 Å². The Morgan fingerprint density at radius 3 is 2.61 bits per heavy atom. The van der Waals surface area contributed by atoms with E-state index >= 15 is 0 Å². The van der Waals surface area contributed by atoms with E-state index in [2.05, 4.69) is 24.0 Å². The molecule has 0 spiro atoms. The van der Waals surface area contributed by atoms with Crippen molar-refractivity contribution in [3.63, 3.8) is 0 Å². The Kier molecular flexibility index (Phi) is 4.61. The maximum atomic E-state index is 5.89. The van der Waals surface area contributed by atoms with Crippen molar-refractivity contribution in [1.82, 2.24) is 4.90 Å². The van der Waals surface area contributed by atoms with Crippen LogP contribution in [0.15, 0.2) is 24.3 Å². The molecule has 3 nitrogen and oxygen atoms in total. The van der Waals surface area contributed by atoms with Gasteiger partial charge in [0.2, 0.25) is 0 Å². The van der Waals surface area contributed by atoms with Crippen molar-refractivity contribution < 1.29 is 4.74 Å². The maximum absolute atomic E-state index is 5.89. The zero-order valence-electron chi connectivity index (χ0n) is 11.4. The molecule has 18 heavy (non-hydrogen) atoms. The van der Waals surface area contributed by atoms with Crippen molar-refractivity contribution in [3.8, 4) is 5.75 Å². The van der Waals surface area contributed by atoms with Crippen LogP contribution in [0.25, 0.3) is 0 Å². The Morgan fingerprint density at radius 1 is 1.28 bits per heavy atom. The van der Waals surface area contributed by atoms with E-state index in [1.165, 1.54) is 24.8 Å². The summed E-state index contributed by atoms with van der Waals surface area (Å²) in [6, 6.07) is 9.52. The van der Waals surface area contributed by atoms with E-state index in [4.69, 9.17) is 10.5 Å². The van der Waals surface area contributed by atoms with Gasteiger partial charge in [0.15, 0.2) is 0 Å². The zero-order chi connectivity index (χ0) is 13.0. The van der Waals surface area contributed by atoms with Gasteiger partial charge in [0.25, 0.3) is 0 Å². The lowest BCUT2D eigenvalue weighted by Gasteiger charge is -2.40. The molecular weight excluding hydrogens is 224 g/mol. The standard InChI is InChI=1S/C15H24N2O/c1-12-4-3-5-14(10-16)17(12)11-13-6-8-15(18-2)9-7-13/h6-9,12,14H,3-5,10-11,16H2,1-2H3. The molecule has 1 fully saturated rings. The van der Waals surface area contributed by atoms with Gasteiger partial charge in [-0.1, -0.05) is 18.6 Å². The highest BCUT2D eigenvalue weighted by Crippen LogP contribution is 2.24. The molecule has 1 aromatic carbocycles. The second kappa shape index (κ2) is 6.21. The minimum Gasteiger partial charge on any atom is -0.497 e. The van der Waals surface area contributed by atoms with Crippen LogP contribution in [-0.2, 0) is 6.54 Å². The molecule has 0 aromatic heterocycles. The number of likely N-dealkylation sites (tertiary alicyclic amines) is 1. The van der Waals surface area contributed by atoms with E-state index in [0.29, 0.717) is 12.1 Å². The van der Waals surface area contributed by atoms with Crippen LogP contribution >= 0.6 is 0 Å². The summed E-state index contributed by atoms with van der Waals surface area (Å²) in [6.45, 7) is 4.07. The Hall–Kier alpha value is -1.06. The summed E-state index contributed by atoms with van der Waals surface area (Å²) in [5.74, 6) is 0.917. The van der Waals surface area contributed by atoms with Gasteiger partial charge >= 0.3 is 0 Å². The highest BCUT2D eigenvalue weighted by atomic mass is 16.5. The second-order valence-corrected chi connectivity index (χ2v) is 5.19. The van der Waals surface area contributed by atoms with Gasteiger partial charge in [-0.3, -0.25) is 4.90 Å². The first kappa shape index (κ1) is 13.4. The SMILES string of the molecule is COc1ccc(CN2C(C)CCCC2CN)cc1. The van der Waals surface area contributed by atoms with Crippen LogP contribution in [0.5, 0.6) is 5.75 Å². The number of hydrogen-bond acceptors (Lipinski definition) is 3. The van der Waals surface area contributed by atoms with Crippen LogP contribution in [0.4, 0.5) is 0 Å². The van der Waals surface area contributed by atoms with Crippen molar-refractivity contribution in [3.05, 3.63) is 29.8 Å². The second-order valence-electron chi connectivity index (χ2n) is 5.19. The average molecular weight is 248 g/mol. The summed E-state index contributed by atoms with van der Waals surface area (Å²) in [5.41, 5.74) is 7.23. The molecule has 2 N–H and O–H groups in total. The van der Waals surface area contributed by atoms with Gasteiger partial charge < -0.3 is 10.5 Å². The first-order chi connectivity index (χ1) is 8.74. The molecule has 1 aromatic rings. The third kappa shape index (κ3) is 3.03. The van der Waals surface area contributed by atoms with E-state index in [9.17, 15) is 0 Å². The number of rotatable bonds is 4. The van der Waals surface area contributed by atoms with E-state index in [-0.39, 0.29) is 0 Å². The van der Waals surface area contributed by atoms with Gasteiger partial charge in [-0.15, -0.1) is 0 Å². The number of benzene rings is 1. The fraction of sp³-hybridized carbons (Fsp3) is 0.600. The Labute approximate surface area is 110 Å². The number of methoxy groups -OCH3 is 1. The van der Waals surface area contributed by atoms with Gasteiger partial charge in [0.1, 0.15) is 5.75 Å². The molecule has 2 atom stereocenters. The summed E-state index contributed by atoms with van der Waals surface area (Å²) in [5, 5.41) is 0. The number of piperidine rings is 1. The van der Waals surface area contributed by atoms with Crippen LogP contribution in [0.2, 0.25) is 0 Å². The summed E-state index contributed by atoms with van der Waals surface area (Å²) in [4.78, 5) is 2.55. The lowest BCUT2D eigenvalue weighted by atomic mass is 9.95. The monoisotopic (exact) mass is 248 g/mol. The zero-order valence-corrected chi connectivity index (χ0v) is 11.4. The fourth-order valence-corrected chi connectivity index (χ4v) is 2.82. The molecule has 2 rings (SSSR count). The summed E-state index contributed by atoms with van der Waals surface area (Å²) in [7, 11) is 1.70. The topological polar surface area (TPSA) is 38.5 Å². The highest BCUT2D eigenvalue weighted by molar-refractivity contribution is 5.27. The number of nitrogens with two attached hydrogens (primary N) is 1. The first-order valence-electron chi connectivity index (χ1n) is 6.83. The number of nitrogens with zero attached hydrogens (tertiary/aromatic N) is 1. The quantitative estimate of drug-likeness (QED) is 0.889. The van der Waals surface area contributed by atoms with E-state index in [1.54, 1.807) is 7.11 Å². The van der Waals surface area contributed by atoms with Crippen molar-refractivity contribution in [2.45, 2.75) is 44.8 Å². The molecule has 0 amide bonds. The lowest BCUT2D eigenvalue weighted by Crippen LogP contribution is -2.48. The first-order valence-corrected chi connectivity index (χ1v) is 6.83. The Morgan fingerprint density at radius 2 is 2.00 bits per heavy atom. The van der Waals surface area contributed by atoms with E-state index < -0.39 is 0 Å². The average Bonchev–Trinajstić information content (AvgIpc) is 2.42. The Balaban J connectivity index is 2.05. The lowest BCUT2D eigenvalue weighted by molar-refractivity contribution is 0.0892. The summed E-state index contributed by atoms with van der Waals surface area (Å²) >= 11 is 0. The van der Waals surface area contributed by atoms with Crippen molar-refractivity contribution >= 4 is 0 Å². The minimum absolute atomic E-state index is 0.538. The molecule has 1 heterocycles. The molecule has 0 saturated carbocycles. The summed E-state index contributed by atoms with van der Waals surface area (Å²) in [6.07, 6.45) is 3.83. The number of hydrogen-bond donors (Lipinski definition) is 1. The van der Waals surface area contributed by atoms with Crippen molar-refractivity contribution in [2.75, 3.05) is 13.7 Å². The van der Waals surface area contributed by atoms with Crippen LogP contribution in [0.3, 0.4) is 0 Å². The predicted molar refractivity (Wildman–Crippen MR) is 74.7 cm³/mol. The predicted octanol–water partition coefficient (Wildman–Crippen LogP) is 2.40. The molecule has 3 heteroatoms. The van der Waals surface area contributed by atoms with E-state index in [1.807, 2.05) is 12.1 Å². The van der Waals surface area contributed by atoms with Crippen LogP contribution in [-0.4, -0.2) is 30.6 Å². The summed E-state index contributed by atoms with van der Waals surface area (Å²) < 4.78 is 5.19. The normalized spacial score (nSPS) is 25.1. The molecule has 1 aliphatic heterocycles. The molecule has 2 unspecified atom stereocenters. The molecule has 0 radical (unpaired) electrons. The van der Waals surface area contributed by atoms with Crippen molar-refractivity contribution in [1.29, 1.82) is 0 Å². The molecular formula is C15H24N2O. The molecule has 1 aliphatic rings. The van der Waals surface area contributed by atoms with Gasteiger partial charge in [-0.05, 0) is 37.5 Å². The van der Waals surface area contributed by atoms with Gasteiger partial charge in [-0.2, -0.15) is 0 Å². The molecule has 0 bridgehead atoms. The maximum Gasteiger partial charge on any atom is 0.118 e. The van der Waals surface area contributed by atoms with Gasteiger partial charge in [0, 0.05) is 25.2 Å². The molecule has 100 valence electrons. The number of ether oxygens (including phenoxy) is 1. The highest BCUT2D eigenvalue weighted by Gasteiger charge is 2.26. The van der Waals surface area contributed by atoms with Crippen molar-refractivity contribution in [2.24, 2.45) is 5.73 Å². The third-order valence-electron chi connectivity index (χ3n) is 3.99. The van der Waals surface area contributed by atoms with Crippen LogP contribution in [0, 0.1) is 0 Å². The van der Waals surface area contributed by atoms with Crippen LogP contribution < -0.4 is 10.5 Å². The van der Waals surface area contributed by atoms with E-state index in [0.717, 1.165) is 18.8 Å². The third-order valence-corrected chi connectivity index (χ3v) is 3.99. The fourth-order valence-electron chi connectivity index (χ4n) is 2.82. The molecule has 0 aliphatic carbocycles. The van der Waals surface area contributed by atoms with Gasteiger partial charge in [-0.25, -0.2) is 0 Å².